The third-order valence-electron chi connectivity index (χ3n) is 5.14. The first kappa shape index (κ1) is 21.0. The summed E-state index contributed by atoms with van der Waals surface area (Å²) < 4.78 is 41.9. The molecule has 3 aromatic rings. The molecule has 1 aliphatic heterocycles. The van der Waals surface area contributed by atoms with Crippen LogP contribution in [0.2, 0.25) is 0 Å². The lowest BCUT2D eigenvalue weighted by Gasteiger charge is -2.33. The summed E-state index contributed by atoms with van der Waals surface area (Å²) in [4.78, 5) is 14.2. The van der Waals surface area contributed by atoms with Gasteiger partial charge in [-0.2, -0.15) is 9.40 Å². The number of amides is 1. The molecule has 1 N–H and O–H groups in total. The van der Waals surface area contributed by atoms with Gasteiger partial charge in [-0.1, -0.05) is 12.1 Å². The molecule has 1 amide bonds. The smallest absolute Gasteiger partial charge is 0.274 e. The van der Waals surface area contributed by atoms with Crippen molar-refractivity contribution in [2.45, 2.75) is 11.8 Å². The summed E-state index contributed by atoms with van der Waals surface area (Å²) in [7, 11) is -3.87. The number of aromatic nitrogens is 2. The molecule has 0 bridgehead atoms. The van der Waals surface area contributed by atoms with Gasteiger partial charge < -0.3 is 10.0 Å². The molecule has 1 saturated heterocycles. The summed E-state index contributed by atoms with van der Waals surface area (Å²) in [6.45, 7) is 2.34. The summed E-state index contributed by atoms with van der Waals surface area (Å²) in [5.41, 5.74) is 1.41. The van der Waals surface area contributed by atoms with Crippen LogP contribution in [-0.4, -0.2) is 64.6 Å². The average Bonchev–Trinajstić information content (AvgIpc) is 3.25. The lowest BCUT2D eigenvalue weighted by molar-refractivity contribution is 0.0691. The highest BCUT2D eigenvalue weighted by atomic mass is 32.2. The molecule has 2 heterocycles. The van der Waals surface area contributed by atoms with E-state index in [1.54, 1.807) is 37.4 Å². The highest BCUT2D eigenvalue weighted by Crippen LogP contribution is 2.27. The largest absolute Gasteiger partial charge is 0.507 e. The first-order valence-electron chi connectivity index (χ1n) is 9.66. The third kappa shape index (κ3) is 4.17. The summed E-state index contributed by atoms with van der Waals surface area (Å²) in [6, 6.07) is 11.8. The minimum absolute atomic E-state index is 0.103. The van der Waals surface area contributed by atoms with Gasteiger partial charge in [0.05, 0.1) is 5.69 Å². The van der Waals surface area contributed by atoms with E-state index >= 15 is 0 Å². The van der Waals surface area contributed by atoms with Crippen molar-refractivity contribution >= 4 is 15.9 Å². The molecule has 0 radical (unpaired) electrons. The molecule has 1 aliphatic rings. The number of sulfonamides is 1. The van der Waals surface area contributed by atoms with E-state index < -0.39 is 15.8 Å². The maximum atomic E-state index is 13.4. The molecule has 1 aromatic heterocycles. The van der Waals surface area contributed by atoms with E-state index in [0.717, 1.165) is 5.56 Å². The predicted octanol–water partition coefficient (Wildman–Crippen LogP) is 2.17. The second kappa shape index (κ2) is 8.12. The van der Waals surface area contributed by atoms with E-state index in [4.69, 9.17) is 0 Å². The standard InChI is InChI=1S/C21H21FN4O4S/c1-15-5-6-19(27)20(13-15)31(29,30)25-11-9-24(10-12-25)21(28)18-7-8-26(23-18)17-4-2-3-16(22)14-17/h2-8,13-14,27H,9-12H2,1H3. The van der Waals surface area contributed by atoms with E-state index in [0.29, 0.717) is 5.69 Å². The van der Waals surface area contributed by atoms with Crippen molar-refractivity contribution in [1.82, 2.24) is 19.0 Å². The van der Waals surface area contributed by atoms with Crippen LogP contribution in [0.1, 0.15) is 16.1 Å². The summed E-state index contributed by atoms with van der Waals surface area (Å²) in [6.07, 6.45) is 1.57. The SMILES string of the molecule is Cc1ccc(O)c(S(=O)(=O)N2CCN(C(=O)c3ccn(-c4cccc(F)c4)n3)CC2)c1. The van der Waals surface area contributed by atoms with Crippen molar-refractivity contribution in [3.63, 3.8) is 0 Å². The van der Waals surface area contributed by atoms with E-state index in [2.05, 4.69) is 5.10 Å². The minimum Gasteiger partial charge on any atom is -0.507 e. The van der Waals surface area contributed by atoms with E-state index in [9.17, 15) is 22.7 Å². The number of phenolic OH excluding ortho intramolecular Hbond substituents is 1. The van der Waals surface area contributed by atoms with Crippen LogP contribution in [0.15, 0.2) is 59.6 Å². The molecular formula is C21H21FN4O4S. The van der Waals surface area contributed by atoms with Gasteiger partial charge in [-0.05, 0) is 48.9 Å². The van der Waals surface area contributed by atoms with Crippen molar-refractivity contribution < 1.29 is 22.7 Å². The number of aromatic hydroxyl groups is 1. The van der Waals surface area contributed by atoms with Crippen molar-refractivity contribution in [3.05, 3.63) is 71.8 Å². The molecule has 0 atom stereocenters. The predicted molar refractivity (Wildman–Crippen MR) is 111 cm³/mol. The summed E-state index contributed by atoms with van der Waals surface area (Å²) in [5, 5.41) is 14.2. The normalized spacial score (nSPS) is 15.2. The van der Waals surface area contributed by atoms with E-state index in [1.165, 1.54) is 38.2 Å². The number of hydrogen-bond acceptors (Lipinski definition) is 5. The lowest BCUT2D eigenvalue weighted by atomic mass is 10.2. The first-order valence-corrected chi connectivity index (χ1v) is 11.1. The van der Waals surface area contributed by atoms with Crippen molar-refractivity contribution in [2.75, 3.05) is 26.2 Å². The van der Waals surface area contributed by atoms with Gasteiger partial charge >= 0.3 is 0 Å². The number of rotatable bonds is 4. The van der Waals surface area contributed by atoms with E-state index in [1.807, 2.05) is 0 Å². The maximum Gasteiger partial charge on any atom is 0.274 e. The van der Waals surface area contributed by atoms with Crippen molar-refractivity contribution in [1.29, 1.82) is 0 Å². The molecule has 2 aromatic carbocycles. The molecule has 4 rings (SSSR count). The van der Waals surface area contributed by atoms with Gasteiger partial charge in [0.2, 0.25) is 10.0 Å². The molecular weight excluding hydrogens is 423 g/mol. The number of aryl methyl sites for hydroxylation is 1. The number of carbonyl (C=O) groups is 1. The molecule has 0 unspecified atom stereocenters. The number of phenols is 1. The molecule has 0 spiro atoms. The van der Waals surface area contributed by atoms with Gasteiger partial charge in [-0.15, -0.1) is 0 Å². The first-order chi connectivity index (χ1) is 14.8. The fourth-order valence-corrected chi connectivity index (χ4v) is 5.05. The molecule has 0 aliphatic carbocycles. The Morgan fingerprint density at radius 3 is 2.52 bits per heavy atom. The number of benzene rings is 2. The number of hydrogen-bond donors (Lipinski definition) is 1. The van der Waals surface area contributed by atoms with Crippen LogP contribution in [0.3, 0.4) is 0 Å². The van der Waals surface area contributed by atoms with Gasteiger partial charge in [0, 0.05) is 32.4 Å². The van der Waals surface area contributed by atoms with Gasteiger partial charge in [0.25, 0.3) is 5.91 Å². The molecule has 31 heavy (non-hydrogen) atoms. The molecule has 0 saturated carbocycles. The second-order valence-electron chi connectivity index (χ2n) is 7.29. The Kier molecular flexibility index (Phi) is 5.50. The van der Waals surface area contributed by atoms with Crippen LogP contribution in [0.4, 0.5) is 4.39 Å². The summed E-state index contributed by atoms with van der Waals surface area (Å²) >= 11 is 0. The minimum atomic E-state index is -3.87. The average molecular weight is 444 g/mol. The van der Waals surface area contributed by atoms with Crippen molar-refractivity contribution in [3.8, 4) is 11.4 Å². The van der Waals surface area contributed by atoms with Gasteiger partial charge in [0.15, 0.2) is 5.69 Å². The Morgan fingerprint density at radius 2 is 1.81 bits per heavy atom. The van der Waals surface area contributed by atoms with Crippen LogP contribution in [0, 0.1) is 12.7 Å². The van der Waals surface area contributed by atoms with Gasteiger partial charge in [-0.3, -0.25) is 4.79 Å². The van der Waals surface area contributed by atoms with Crippen LogP contribution >= 0.6 is 0 Å². The summed E-state index contributed by atoms with van der Waals surface area (Å²) in [5.74, 6) is -1.03. The second-order valence-corrected chi connectivity index (χ2v) is 9.20. The lowest BCUT2D eigenvalue weighted by Crippen LogP contribution is -2.50. The fourth-order valence-electron chi connectivity index (χ4n) is 3.46. The fraction of sp³-hybridized carbons (Fsp3) is 0.238. The zero-order valence-electron chi connectivity index (χ0n) is 16.8. The number of nitrogens with zero attached hydrogens (tertiary/aromatic N) is 4. The number of carbonyl (C=O) groups excluding carboxylic acids is 1. The Bertz CT molecular complexity index is 1230. The van der Waals surface area contributed by atoms with E-state index in [-0.39, 0.29) is 48.4 Å². The highest BCUT2D eigenvalue weighted by Gasteiger charge is 2.32. The Labute approximate surface area is 179 Å². The highest BCUT2D eigenvalue weighted by molar-refractivity contribution is 7.89. The number of piperazine rings is 1. The van der Waals surface area contributed by atoms with Crippen LogP contribution in [0.5, 0.6) is 5.75 Å². The molecule has 162 valence electrons. The monoisotopic (exact) mass is 444 g/mol. The Hall–Kier alpha value is -3.24. The maximum absolute atomic E-state index is 13.4. The van der Waals surface area contributed by atoms with Crippen LogP contribution < -0.4 is 0 Å². The molecule has 8 nitrogen and oxygen atoms in total. The topological polar surface area (TPSA) is 95.7 Å². The Balaban J connectivity index is 1.45. The van der Waals surface area contributed by atoms with Crippen LogP contribution in [-0.2, 0) is 10.0 Å². The van der Waals surface area contributed by atoms with Gasteiger partial charge in [-0.25, -0.2) is 17.5 Å². The van der Waals surface area contributed by atoms with Crippen LogP contribution in [0.25, 0.3) is 5.69 Å². The quantitative estimate of drug-likeness (QED) is 0.666. The zero-order valence-corrected chi connectivity index (χ0v) is 17.6. The van der Waals surface area contributed by atoms with Gasteiger partial charge in [0.1, 0.15) is 16.5 Å². The molecule has 10 heteroatoms. The third-order valence-corrected chi connectivity index (χ3v) is 7.07. The Morgan fingerprint density at radius 1 is 1.06 bits per heavy atom. The van der Waals surface area contributed by atoms with Crippen molar-refractivity contribution in [2.24, 2.45) is 0 Å². The molecule has 1 fully saturated rings. The number of halogens is 1. The zero-order chi connectivity index (χ0) is 22.2.